The average molecular weight is 330 g/mol. The minimum Gasteiger partial charge on any atom is -0.496 e. The van der Waals surface area contributed by atoms with Gasteiger partial charge in [-0.2, -0.15) is 0 Å². The van der Waals surface area contributed by atoms with Crippen molar-refractivity contribution in [2.24, 2.45) is 4.99 Å². The van der Waals surface area contributed by atoms with Crippen molar-refractivity contribution in [1.29, 1.82) is 0 Å². The number of thiophene rings is 1. The Morgan fingerprint density at radius 2 is 2.27 bits per heavy atom. The fourth-order valence-corrected chi connectivity index (χ4v) is 5.23. The summed E-state index contributed by atoms with van der Waals surface area (Å²) in [4.78, 5) is 8.46. The highest BCUT2D eigenvalue weighted by Gasteiger charge is 2.32. The third-order valence-electron chi connectivity index (χ3n) is 4.05. The van der Waals surface area contributed by atoms with E-state index < -0.39 is 0 Å². The fraction of sp³-hybridized carbons (Fsp3) is 0.353. The highest BCUT2D eigenvalue weighted by atomic mass is 32.2. The van der Waals surface area contributed by atoms with Gasteiger partial charge in [-0.25, -0.2) is 0 Å². The van der Waals surface area contributed by atoms with Crippen LogP contribution in [0.25, 0.3) is 15.8 Å². The lowest BCUT2D eigenvalue weighted by atomic mass is 10.1. The monoisotopic (exact) mass is 330 g/mol. The number of amidine groups is 1. The van der Waals surface area contributed by atoms with Gasteiger partial charge in [0, 0.05) is 27.1 Å². The van der Waals surface area contributed by atoms with Gasteiger partial charge in [0.2, 0.25) is 0 Å². The normalized spacial score (nSPS) is 17.4. The molecule has 1 aromatic carbocycles. The first-order valence-corrected chi connectivity index (χ1v) is 9.30. The number of hydrogen-bond donors (Lipinski definition) is 0. The number of hydrogen-bond acceptors (Lipinski definition) is 5. The van der Waals surface area contributed by atoms with Crippen LogP contribution >= 0.6 is 23.1 Å². The second-order valence-corrected chi connectivity index (χ2v) is 7.46. The van der Waals surface area contributed by atoms with Crippen molar-refractivity contribution in [2.45, 2.75) is 19.8 Å². The van der Waals surface area contributed by atoms with E-state index in [0.717, 1.165) is 31.7 Å². The maximum atomic E-state index is 5.62. The van der Waals surface area contributed by atoms with Crippen LogP contribution in [0.3, 0.4) is 0 Å². The molecule has 0 bridgehead atoms. The standard InChI is InChI=1S/C17H18N2OS2/c1-3-4-14-16(19-7-6-18-17(19)22-14)11-9-13(20-2)12-5-8-21-15(12)10-11/h5,8-10H,3-4,6-7H2,1-2H3. The molecule has 0 saturated carbocycles. The summed E-state index contributed by atoms with van der Waals surface area (Å²) in [5.74, 6) is 0.965. The predicted molar refractivity (Wildman–Crippen MR) is 96.8 cm³/mol. The Kier molecular flexibility index (Phi) is 3.62. The van der Waals surface area contributed by atoms with Gasteiger partial charge < -0.3 is 9.64 Å². The van der Waals surface area contributed by atoms with Gasteiger partial charge >= 0.3 is 0 Å². The van der Waals surface area contributed by atoms with E-state index in [1.165, 1.54) is 31.4 Å². The van der Waals surface area contributed by atoms with Crippen molar-refractivity contribution < 1.29 is 4.74 Å². The summed E-state index contributed by atoms with van der Waals surface area (Å²) in [6.45, 7) is 4.14. The molecule has 0 atom stereocenters. The zero-order valence-electron chi connectivity index (χ0n) is 12.8. The maximum absolute atomic E-state index is 5.62. The number of methoxy groups -OCH3 is 1. The zero-order valence-corrected chi connectivity index (χ0v) is 14.4. The SMILES string of the molecule is CCCC1=C(c2cc(OC)c3ccsc3c2)N2CCN=C2S1. The highest BCUT2D eigenvalue weighted by Crippen LogP contribution is 2.45. The van der Waals surface area contributed by atoms with E-state index in [4.69, 9.17) is 4.74 Å². The molecule has 2 aliphatic heterocycles. The summed E-state index contributed by atoms with van der Waals surface area (Å²) in [7, 11) is 1.75. The van der Waals surface area contributed by atoms with Crippen LogP contribution in [-0.4, -0.2) is 30.3 Å². The molecule has 0 unspecified atom stereocenters. The summed E-state index contributed by atoms with van der Waals surface area (Å²) in [5.41, 5.74) is 2.60. The van der Waals surface area contributed by atoms with Gasteiger partial charge in [0.25, 0.3) is 0 Å². The Balaban J connectivity index is 1.88. The molecule has 0 fully saturated rings. The Morgan fingerprint density at radius 3 is 3.09 bits per heavy atom. The lowest BCUT2D eigenvalue weighted by molar-refractivity contribution is 0.419. The molecule has 114 valence electrons. The van der Waals surface area contributed by atoms with Crippen LogP contribution in [0.1, 0.15) is 25.3 Å². The highest BCUT2D eigenvalue weighted by molar-refractivity contribution is 8.17. The molecule has 3 nitrogen and oxygen atoms in total. The molecule has 0 radical (unpaired) electrons. The largest absolute Gasteiger partial charge is 0.496 e. The Bertz CT molecular complexity index is 791. The molecule has 22 heavy (non-hydrogen) atoms. The van der Waals surface area contributed by atoms with Crippen LogP contribution in [0.4, 0.5) is 0 Å². The van der Waals surface area contributed by atoms with Gasteiger partial charge in [-0.1, -0.05) is 25.1 Å². The lowest BCUT2D eigenvalue weighted by Gasteiger charge is -2.18. The van der Waals surface area contributed by atoms with Crippen LogP contribution in [0.2, 0.25) is 0 Å². The topological polar surface area (TPSA) is 24.8 Å². The maximum Gasteiger partial charge on any atom is 0.168 e. The third kappa shape index (κ3) is 2.15. The van der Waals surface area contributed by atoms with Crippen LogP contribution in [0.15, 0.2) is 33.5 Å². The first kappa shape index (κ1) is 14.2. The molecule has 5 heteroatoms. The van der Waals surface area contributed by atoms with E-state index in [0.29, 0.717) is 0 Å². The number of rotatable bonds is 4. The summed E-state index contributed by atoms with van der Waals surface area (Å²) in [6.07, 6.45) is 2.27. The van der Waals surface area contributed by atoms with Crippen molar-refractivity contribution >= 4 is 44.0 Å². The van der Waals surface area contributed by atoms with Crippen LogP contribution in [0, 0.1) is 0 Å². The molecular formula is C17H18N2OS2. The number of allylic oxidation sites excluding steroid dienone is 1. The molecule has 2 aromatic rings. The van der Waals surface area contributed by atoms with E-state index in [1.54, 1.807) is 18.4 Å². The quantitative estimate of drug-likeness (QED) is 0.805. The minimum atomic E-state index is 0.906. The summed E-state index contributed by atoms with van der Waals surface area (Å²) in [6, 6.07) is 6.62. The first-order valence-electron chi connectivity index (χ1n) is 7.60. The molecule has 1 aromatic heterocycles. The Labute approximate surface area is 138 Å². The van der Waals surface area contributed by atoms with Gasteiger partial charge in [0.1, 0.15) is 5.75 Å². The van der Waals surface area contributed by atoms with Crippen molar-refractivity contribution in [3.63, 3.8) is 0 Å². The molecular weight excluding hydrogens is 312 g/mol. The number of nitrogens with zero attached hydrogens (tertiary/aromatic N) is 2. The number of thioether (sulfide) groups is 1. The Hall–Kier alpha value is -1.46. The van der Waals surface area contributed by atoms with Crippen molar-refractivity contribution in [1.82, 2.24) is 4.90 Å². The molecule has 0 spiro atoms. The van der Waals surface area contributed by atoms with Gasteiger partial charge in [0.05, 0.1) is 19.4 Å². The van der Waals surface area contributed by atoms with E-state index in [1.807, 2.05) is 11.8 Å². The van der Waals surface area contributed by atoms with E-state index in [9.17, 15) is 0 Å². The molecule has 0 saturated heterocycles. The van der Waals surface area contributed by atoms with Gasteiger partial charge in [-0.3, -0.25) is 4.99 Å². The van der Waals surface area contributed by atoms with Gasteiger partial charge in [-0.05, 0) is 30.0 Å². The third-order valence-corrected chi connectivity index (χ3v) is 6.09. The molecule has 0 amide bonds. The van der Waals surface area contributed by atoms with Crippen LogP contribution in [0.5, 0.6) is 5.75 Å². The van der Waals surface area contributed by atoms with E-state index in [2.05, 4.69) is 40.4 Å². The summed E-state index contributed by atoms with van der Waals surface area (Å²) >= 11 is 3.62. The lowest BCUT2D eigenvalue weighted by Crippen LogP contribution is -2.20. The van der Waals surface area contributed by atoms with Crippen molar-refractivity contribution in [2.75, 3.05) is 20.2 Å². The van der Waals surface area contributed by atoms with E-state index >= 15 is 0 Å². The Morgan fingerprint density at radius 1 is 1.36 bits per heavy atom. The van der Waals surface area contributed by atoms with Gasteiger partial charge in [0.15, 0.2) is 5.17 Å². The first-order chi connectivity index (χ1) is 10.8. The molecule has 4 rings (SSSR count). The number of aliphatic imine (C=N–C) groups is 1. The number of ether oxygens (including phenoxy) is 1. The van der Waals surface area contributed by atoms with Gasteiger partial charge in [-0.15, -0.1) is 11.3 Å². The molecule has 0 N–H and O–H groups in total. The predicted octanol–water partition coefficient (Wildman–Crippen LogP) is 4.80. The number of benzene rings is 1. The fourth-order valence-electron chi connectivity index (χ4n) is 3.09. The zero-order chi connectivity index (χ0) is 15.1. The molecule has 2 aliphatic rings. The summed E-state index contributed by atoms with van der Waals surface area (Å²) in [5, 5.41) is 4.50. The smallest absolute Gasteiger partial charge is 0.168 e. The average Bonchev–Trinajstić information content (AvgIpc) is 3.20. The van der Waals surface area contributed by atoms with Crippen LogP contribution < -0.4 is 4.74 Å². The second-order valence-electron chi connectivity index (χ2n) is 5.45. The molecule has 0 aliphatic carbocycles. The van der Waals surface area contributed by atoms with E-state index in [-0.39, 0.29) is 0 Å². The summed E-state index contributed by atoms with van der Waals surface area (Å²) < 4.78 is 6.91. The van der Waals surface area contributed by atoms with Crippen molar-refractivity contribution in [3.8, 4) is 5.75 Å². The second kappa shape index (κ2) is 5.63. The number of fused-ring (bicyclic) bond motifs is 2. The van der Waals surface area contributed by atoms with Crippen LogP contribution in [-0.2, 0) is 0 Å². The minimum absolute atomic E-state index is 0.906. The molecule has 3 heterocycles. The van der Waals surface area contributed by atoms with Crippen molar-refractivity contribution in [3.05, 3.63) is 34.0 Å².